The van der Waals surface area contributed by atoms with Crippen molar-refractivity contribution in [1.82, 2.24) is 0 Å². The van der Waals surface area contributed by atoms with E-state index in [0.717, 1.165) is 0 Å². The molecule has 0 heterocycles. The van der Waals surface area contributed by atoms with E-state index >= 15 is 0 Å². The van der Waals surface area contributed by atoms with Gasteiger partial charge in [-0.05, 0) is 6.07 Å². The third-order valence-corrected chi connectivity index (χ3v) is 1.85. The van der Waals surface area contributed by atoms with Gasteiger partial charge in [-0.2, -0.15) is 0 Å². The minimum Gasteiger partial charge on any atom is -0.285 e. The van der Waals surface area contributed by atoms with E-state index in [4.69, 9.17) is 0 Å². The molecule has 0 spiro atoms. The van der Waals surface area contributed by atoms with Gasteiger partial charge in [-0.3, -0.25) is 14.7 Å². The molecule has 0 amide bonds. The van der Waals surface area contributed by atoms with Crippen LogP contribution in [0.4, 0.5) is 5.69 Å². The highest BCUT2D eigenvalue weighted by Crippen LogP contribution is 2.11. The average molecular weight is 170 g/mol. The summed E-state index contributed by atoms with van der Waals surface area (Å²) in [6, 6.07) is 5.97. The highest BCUT2D eigenvalue weighted by molar-refractivity contribution is 7.34. The van der Waals surface area contributed by atoms with Crippen LogP contribution in [-0.2, 0) is 4.57 Å². The fourth-order valence-electron chi connectivity index (χ4n) is 0.719. The molecular formula is C6H5NO3P. The predicted molar refractivity (Wildman–Crippen MR) is 41.7 cm³/mol. The van der Waals surface area contributed by atoms with Crippen LogP contribution in [0.15, 0.2) is 24.3 Å². The summed E-state index contributed by atoms with van der Waals surface area (Å²) in [6.07, 6.45) is 0. The molecule has 0 aliphatic rings. The minimum atomic E-state index is -0.770. The van der Waals surface area contributed by atoms with Gasteiger partial charge in [0.25, 0.3) is 5.69 Å². The Kier molecular flexibility index (Phi) is 2.28. The van der Waals surface area contributed by atoms with Gasteiger partial charge in [0, 0.05) is 6.07 Å². The summed E-state index contributed by atoms with van der Waals surface area (Å²) in [6.45, 7) is 0. The van der Waals surface area contributed by atoms with Gasteiger partial charge < -0.3 is 0 Å². The first-order chi connectivity index (χ1) is 5.25. The number of nitro benzene ring substituents is 1. The molecule has 1 radical (unpaired) electrons. The van der Waals surface area contributed by atoms with Crippen LogP contribution in [0.5, 0.6) is 0 Å². The summed E-state index contributed by atoms with van der Waals surface area (Å²) >= 11 is 0. The van der Waals surface area contributed by atoms with Crippen LogP contribution in [-0.4, -0.2) is 4.92 Å². The predicted octanol–water partition coefficient (Wildman–Crippen LogP) is 1.24. The molecule has 1 rings (SSSR count). The monoisotopic (exact) mass is 170 g/mol. The molecule has 0 saturated carbocycles. The fourth-order valence-corrected chi connectivity index (χ4v) is 1.16. The molecule has 0 bridgehead atoms. The van der Waals surface area contributed by atoms with Crippen LogP contribution < -0.4 is 5.30 Å². The largest absolute Gasteiger partial charge is 0.285 e. The summed E-state index contributed by atoms with van der Waals surface area (Å²) < 4.78 is 10.4. The number of benzene rings is 1. The Bertz CT molecular complexity index is 300. The van der Waals surface area contributed by atoms with E-state index < -0.39 is 13.4 Å². The third kappa shape index (κ3) is 1.59. The molecule has 0 aromatic heterocycles. The number of hydrogen-bond acceptors (Lipinski definition) is 3. The number of rotatable bonds is 2. The van der Waals surface area contributed by atoms with Crippen molar-refractivity contribution in [2.75, 3.05) is 0 Å². The molecule has 5 heteroatoms. The fraction of sp³-hybridized carbons (Fsp3) is 0. The van der Waals surface area contributed by atoms with Gasteiger partial charge in [-0.15, -0.1) is 0 Å². The molecule has 0 aliphatic carbocycles. The van der Waals surface area contributed by atoms with Gasteiger partial charge in [0.1, 0.15) is 5.30 Å². The van der Waals surface area contributed by atoms with Gasteiger partial charge in [0.05, 0.1) is 13.4 Å². The molecular weight excluding hydrogens is 165 g/mol. The number of hydrogen-bond donors (Lipinski definition) is 0. The van der Waals surface area contributed by atoms with Gasteiger partial charge in [0.2, 0.25) is 0 Å². The van der Waals surface area contributed by atoms with Crippen molar-refractivity contribution in [3.63, 3.8) is 0 Å². The van der Waals surface area contributed by atoms with Crippen LogP contribution in [0.25, 0.3) is 0 Å². The minimum absolute atomic E-state index is 0.0826. The molecule has 1 unspecified atom stereocenters. The zero-order chi connectivity index (χ0) is 8.27. The Morgan fingerprint density at radius 1 is 1.36 bits per heavy atom. The van der Waals surface area contributed by atoms with E-state index in [1.807, 2.05) is 0 Å². The maximum atomic E-state index is 10.4. The van der Waals surface area contributed by atoms with Crippen molar-refractivity contribution in [1.29, 1.82) is 0 Å². The van der Waals surface area contributed by atoms with Gasteiger partial charge in [-0.25, -0.2) is 0 Å². The van der Waals surface area contributed by atoms with E-state index in [9.17, 15) is 14.7 Å². The van der Waals surface area contributed by atoms with E-state index in [0.29, 0.717) is 0 Å². The maximum Gasteiger partial charge on any atom is 0.283 e. The lowest BCUT2D eigenvalue weighted by atomic mass is 10.3. The second kappa shape index (κ2) is 3.21. The molecule has 1 aromatic carbocycles. The summed E-state index contributed by atoms with van der Waals surface area (Å²) in [5, 5.41) is 10.5. The second-order valence-electron chi connectivity index (χ2n) is 1.88. The first-order valence-corrected chi connectivity index (χ1v) is 3.78. The lowest BCUT2D eigenvalue weighted by Gasteiger charge is -1.91. The van der Waals surface area contributed by atoms with Crippen molar-refractivity contribution in [3.05, 3.63) is 34.4 Å². The summed E-state index contributed by atoms with van der Waals surface area (Å²) in [5.74, 6) is 0. The maximum absolute atomic E-state index is 10.4. The van der Waals surface area contributed by atoms with Gasteiger partial charge in [-0.1, -0.05) is 12.1 Å². The van der Waals surface area contributed by atoms with Gasteiger partial charge >= 0.3 is 0 Å². The van der Waals surface area contributed by atoms with Crippen molar-refractivity contribution >= 4 is 19.5 Å². The van der Waals surface area contributed by atoms with Crippen molar-refractivity contribution < 1.29 is 9.49 Å². The third-order valence-electron chi connectivity index (χ3n) is 1.21. The topological polar surface area (TPSA) is 60.2 Å². The summed E-state index contributed by atoms with van der Waals surface area (Å²) in [4.78, 5) is 9.71. The number of nitrogens with zero attached hydrogens (tertiary/aromatic N) is 1. The number of para-hydroxylation sites is 1. The SMILES string of the molecule is O=[PH]c1ccccc1[N+](=O)[O-]. The molecule has 1 atom stereocenters. The molecule has 11 heavy (non-hydrogen) atoms. The van der Waals surface area contributed by atoms with Crippen LogP contribution in [0, 0.1) is 10.1 Å². The average Bonchev–Trinajstić information content (AvgIpc) is 2.04. The van der Waals surface area contributed by atoms with E-state index in [-0.39, 0.29) is 11.0 Å². The van der Waals surface area contributed by atoms with Crippen LogP contribution >= 0.6 is 8.46 Å². The van der Waals surface area contributed by atoms with E-state index in [1.54, 1.807) is 12.1 Å². The zero-order valence-corrected chi connectivity index (χ0v) is 6.48. The molecule has 0 saturated heterocycles. The van der Waals surface area contributed by atoms with Crippen LogP contribution in [0.2, 0.25) is 0 Å². The normalized spacial score (nSPS) is 9.82. The Balaban J connectivity index is 3.22. The quantitative estimate of drug-likeness (QED) is 0.381. The van der Waals surface area contributed by atoms with Crippen molar-refractivity contribution in [2.24, 2.45) is 0 Å². The Morgan fingerprint density at radius 3 is 2.45 bits per heavy atom. The highest BCUT2D eigenvalue weighted by atomic mass is 31.1. The summed E-state index contributed by atoms with van der Waals surface area (Å²) in [5.41, 5.74) is -0.0826. The Hall–Kier alpha value is -1.28. The second-order valence-corrected chi connectivity index (χ2v) is 2.62. The van der Waals surface area contributed by atoms with Gasteiger partial charge in [0.15, 0.2) is 0 Å². The molecule has 57 valence electrons. The Labute approximate surface area is 64.2 Å². The Morgan fingerprint density at radius 2 is 2.00 bits per heavy atom. The molecule has 4 nitrogen and oxygen atoms in total. The summed E-state index contributed by atoms with van der Waals surface area (Å²) in [7, 11) is -0.770. The first kappa shape index (κ1) is 7.82. The lowest BCUT2D eigenvalue weighted by molar-refractivity contribution is -0.383. The van der Waals surface area contributed by atoms with E-state index in [2.05, 4.69) is 0 Å². The lowest BCUT2D eigenvalue weighted by Crippen LogP contribution is -2.00. The van der Waals surface area contributed by atoms with Crippen molar-refractivity contribution in [2.45, 2.75) is 0 Å². The van der Waals surface area contributed by atoms with Crippen molar-refractivity contribution in [3.8, 4) is 0 Å². The molecule has 0 aliphatic heterocycles. The van der Waals surface area contributed by atoms with Crippen LogP contribution in [0.3, 0.4) is 0 Å². The zero-order valence-electron chi connectivity index (χ0n) is 5.48. The van der Waals surface area contributed by atoms with E-state index in [1.165, 1.54) is 12.1 Å². The number of nitro groups is 1. The first-order valence-electron chi connectivity index (χ1n) is 2.87. The molecule has 1 aromatic rings. The molecule has 0 fully saturated rings. The molecule has 0 N–H and O–H groups in total. The van der Waals surface area contributed by atoms with Crippen LogP contribution in [0.1, 0.15) is 0 Å². The highest BCUT2D eigenvalue weighted by Gasteiger charge is 2.09. The smallest absolute Gasteiger partial charge is 0.283 e. The standard InChI is InChI=1S/C6H5NO3P/c8-7(9)5-3-1-2-4-6(5)11-10/h1-4,11H.